The van der Waals surface area contributed by atoms with Crippen LogP contribution >= 0.6 is 0 Å². The van der Waals surface area contributed by atoms with Gasteiger partial charge in [-0.25, -0.2) is 13.1 Å². The summed E-state index contributed by atoms with van der Waals surface area (Å²) in [6.07, 6.45) is 1.18. The molecule has 4 N–H and O–H groups in total. The Kier molecular flexibility index (Phi) is 4.49. The molecule has 7 nitrogen and oxygen atoms in total. The van der Waals surface area contributed by atoms with Gasteiger partial charge in [-0.05, 0) is 5.92 Å². The van der Waals surface area contributed by atoms with E-state index in [9.17, 15) is 8.42 Å². The van der Waals surface area contributed by atoms with Crippen molar-refractivity contribution in [1.29, 1.82) is 0 Å². The molecule has 0 radical (unpaired) electrons. The van der Waals surface area contributed by atoms with Crippen LogP contribution in [0.25, 0.3) is 0 Å². The number of nitrogens with one attached hydrogen (secondary N) is 2. The van der Waals surface area contributed by atoms with E-state index >= 15 is 0 Å². The fourth-order valence-corrected chi connectivity index (χ4v) is 2.70. The number of aromatic amines is 1. The van der Waals surface area contributed by atoms with Crippen LogP contribution in [0, 0.1) is 5.92 Å². The molecule has 1 aromatic rings. The van der Waals surface area contributed by atoms with Crippen molar-refractivity contribution in [1.82, 2.24) is 14.9 Å². The van der Waals surface area contributed by atoms with Crippen LogP contribution in [0.2, 0.25) is 0 Å². The zero-order chi connectivity index (χ0) is 13.1. The van der Waals surface area contributed by atoms with E-state index in [2.05, 4.69) is 14.9 Å². The molecule has 0 aromatic carbocycles. The van der Waals surface area contributed by atoms with Gasteiger partial charge in [0, 0.05) is 13.2 Å². The maximum atomic E-state index is 12.0. The quantitative estimate of drug-likeness (QED) is 0.665. The van der Waals surface area contributed by atoms with Crippen molar-refractivity contribution in [2.75, 3.05) is 19.5 Å². The zero-order valence-electron chi connectivity index (χ0n) is 10.1. The third-order valence-corrected chi connectivity index (χ3v) is 3.90. The molecule has 0 aliphatic rings. The summed E-state index contributed by atoms with van der Waals surface area (Å²) >= 11 is 0. The van der Waals surface area contributed by atoms with E-state index in [1.807, 2.05) is 13.8 Å². The lowest BCUT2D eigenvalue weighted by Crippen LogP contribution is -2.41. The fraction of sp³-hybridized carbons (Fsp3) is 0.667. The van der Waals surface area contributed by atoms with E-state index in [-0.39, 0.29) is 22.7 Å². The molecule has 0 saturated heterocycles. The standard InChI is InChI=1S/C9H18N4O3S/c1-6(2)7(5-16-3)13-17(14,15)8-4-11-12-9(8)10/h4,6-7,13H,5H2,1-3H3,(H3,10,11,12). The average Bonchev–Trinajstić information content (AvgIpc) is 2.64. The highest BCUT2D eigenvalue weighted by Crippen LogP contribution is 2.15. The summed E-state index contributed by atoms with van der Waals surface area (Å²) in [5.74, 6) is 0.135. The summed E-state index contributed by atoms with van der Waals surface area (Å²) in [4.78, 5) is -0.0424. The van der Waals surface area contributed by atoms with Crippen LogP contribution in [0.3, 0.4) is 0 Å². The van der Waals surface area contributed by atoms with Gasteiger partial charge in [0.2, 0.25) is 10.0 Å². The highest BCUT2D eigenvalue weighted by atomic mass is 32.2. The van der Waals surface area contributed by atoms with Crippen molar-refractivity contribution in [2.24, 2.45) is 5.92 Å². The van der Waals surface area contributed by atoms with Crippen LogP contribution in [0.5, 0.6) is 0 Å². The first kappa shape index (κ1) is 13.9. The number of methoxy groups -OCH3 is 1. The number of hydrogen-bond donors (Lipinski definition) is 3. The number of ether oxygens (including phenoxy) is 1. The Bertz CT molecular complexity index is 455. The maximum absolute atomic E-state index is 12.0. The highest BCUT2D eigenvalue weighted by molar-refractivity contribution is 7.89. The van der Waals surface area contributed by atoms with E-state index in [0.29, 0.717) is 6.61 Å². The average molecular weight is 262 g/mol. The predicted octanol–water partition coefficient (Wildman–Crippen LogP) is -0.0588. The summed E-state index contributed by atoms with van der Waals surface area (Å²) in [6.45, 7) is 4.12. The Morgan fingerprint density at radius 3 is 2.65 bits per heavy atom. The van der Waals surface area contributed by atoms with Crippen LogP contribution in [0.15, 0.2) is 11.1 Å². The first-order valence-electron chi connectivity index (χ1n) is 5.18. The molecule has 1 heterocycles. The van der Waals surface area contributed by atoms with Gasteiger partial charge in [-0.2, -0.15) is 5.10 Å². The largest absolute Gasteiger partial charge is 0.383 e. The van der Waals surface area contributed by atoms with Gasteiger partial charge >= 0.3 is 0 Å². The molecule has 17 heavy (non-hydrogen) atoms. The molecular formula is C9H18N4O3S. The molecule has 0 amide bonds. The second-order valence-electron chi connectivity index (χ2n) is 4.08. The monoisotopic (exact) mass is 262 g/mol. The van der Waals surface area contributed by atoms with Crippen molar-refractivity contribution >= 4 is 15.8 Å². The van der Waals surface area contributed by atoms with Gasteiger partial charge in [-0.3, -0.25) is 5.10 Å². The third kappa shape index (κ3) is 3.42. The number of H-pyrrole nitrogens is 1. The van der Waals surface area contributed by atoms with Crippen LogP contribution in [0.4, 0.5) is 5.82 Å². The molecule has 8 heteroatoms. The van der Waals surface area contributed by atoms with Gasteiger partial charge in [0.25, 0.3) is 0 Å². The highest BCUT2D eigenvalue weighted by Gasteiger charge is 2.25. The van der Waals surface area contributed by atoms with Crippen LogP contribution in [0.1, 0.15) is 13.8 Å². The maximum Gasteiger partial charge on any atom is 0.246 e. The molecule has 0 spiro atoms. The second kappa shape index (κ2) is 5.48. The van der Waals surface area contributed by atoms with Crippen LogP contribution < -0.4 is 10.5 Å². The molecule has 1 atom stereocenters. The first-order valence-corrected chi connectivity index (χ1v) is 6.67. The van der Waals surface area contributed by atoms with Gasteiger partial charge in [0.05, 0.1) is 12.8 Å². The van der Waals surface area contributed by atoms with E-state index in [4.69, 9.17) is 10.5 Å². The van der Waals surface area contributed by atoms with Gasteiger partial charge in [0.15, 0.2) is 0 Å². The van der Waals surface area contributed by atoms with Crippen LogP contribution in [-0.4, -0.2) is 38.4 Å². The number of anilines is 1. The van der Waals surface area contributed by atoms with Crippen molar-refractivity contribution < 1.29 is 13.2 Å². The number of sulfonamides is 1. The van der Waals surface area contributed by atoms with E-state index in [0.717, 1.165) is 0 Å². The SMILES string of the molecule is COCC(NS(=O)(=O)c1cn[nH]c1N)C(C)C. The number of aromatic nitrogens is 2. The number of hydrogen-bond acceptors (Lipinski definition) is 5. The number of nitrogens with two attached hydrogens (primary N) is 1. The molecule has 1 unspecified atom stereocenters. The fourth-order valence-electron chi connectivity index (χ4n) is 1.30. The Balaban J connectivity index is 2.89. The van der Waals surface area contributed by atoms with Crippen molar-refractivity contribution in [3.05, 3.63) is 6.20 Å². The minimum atomic E-state index is -3.66. The topological polar surface area (TPSA) is 110 Å². The van der Waals surface area contributed by atoms with E-state index in [1.54, 1.807) is 0 Å². The lowest BCUT2D eigenvalue weighted by atomic mass is 10.1. The first-order chi connectivity index (χ1) is 7.88. The summed E-state index contributed by atoms with van der Waals surface area (Å²) in [5, 5.41) is 5.97. The number of nitrogens with zero attached hydrogens (tertiary/aromatic N) is 1. The second-order valence-corrected chi connectivity index (χ2v) is 5.76. The van der Waals surface area contributed by atoms with Gasteiger partial charge in [0.1, 0.15) is 10.7 Å². The molecule has 0 bridgehead atoms. The number of nitrogen functional groups attached to an aromatic ring is 1. The summed E-state index contributed by atoms with van der Waals surface area (Å²) in [5.41, 5.74) is 5.48. The Morgan fingerprint density at radius 1 is 1.59 bits per heavy atom. The Morgan fingerprint density at radius 2 is 2.24 bits per heavy atom. The van der Waals surface area contributed by atoms with Crippen molar-refractivity contribution in [3.63, 3.8) is 0 Å². The molecule has 1 aromatic heterocycles. The normalized spacial score (nSPS) is 14.1. The molecule has 1 rings (SSSR count). The molecular weight excluding hydrogens is 244 g/mol. The lowest BCUT2D eigenvalue weighted by Gasteiger charge is -2.21. The Hall–Kier alpha value is -1.12. The third-order valence-electron chi connectivity index (χ3n) is 2.38. The molecule has 0 saturated carbocycles. The predicted molar refractivity (Wildman–Crippen MR) is 63.8 cm³/mol. The summed E-state index contributed by atoms with van der Waals surface area (Å²) in [6, 6.07) is -0.306. The lowest BCUT2D eigenvalue weighted by molar-refractivity contribution is 0.157. The minimum absolute atomic E-state index is 0.0254. The van der Waals surface area contributed by atoms with E-state index in [1.165, 1.54) is 13.3 Å². The molecule has 0 aliphatic carbocycles. The van der Waals surface area contributed by atoms with E-state index < -0.39 is 10.0 Å². The van der Waals surface area contributed by atoms with Crippen molar-refractivity contribution in [3.8, 4) is 0 Å². The van der Waals surface area contributed by atoms with Crippen molar-refractivity contribution in [2.45, 2.75) is 24.8 Å². The molecule has 0 fully saturated rings. The number of rotatable bonds is 6. The smallest absolute Gasteiger partial charge is 0.246 e. The minimum Gasteiger partial charge on any atom is -0.383 e. The summed E-state index contributed by atoms with van der Waals surface area (Å²) in [7, 11) is -2.14. The molecule has 98 valence electrons. The van der Waals surface area contributed by atoms with Gasteiger partial charge in [-0.15, -0.1) is 0 Å². The van der Waals surface area contributed by atoms with Crippen LogP contribution in [-0.2, 0) is 14.8 Å². The summed E-state index contributed by atoms with van der Waals surface area (Å²) < 4.78 is 31.5. The Labute approximate surface area is 101 Å². The van der Waals surface area contributed by atoms with Gasteiger partial charge < -0.3 is 10.5 Å². The zero-order valence-corrected chi connectivity index (χ0v) is 10.9. The van der Waals surface area contributed by atoms with Gasteiger partial charge in [-0.1, -0.05) is 13.8 Å². The molecule has 0 aliphatic heterocycles.